The molecule has 2 aromatic rings. The number of anilines is 1. The number of nitrogens with zero attached hydrogens (tertiary/aromatic N) is 1. The lowest BCUT2D eigenvalue weighted by molar-refractivity contribution is -0.148. The third-order valence-corrected chi connectivity index (χ3v) is 8.29. The van der Waals surface area contributed by atoms with Crippen molar-refractivity contribution in [2.45, 2.75) is 24.5 Å². The molecule has 12 nitrogen and oxygen atoms in total. The van der Waals surface area contributed by atoms with E-state index in [1.165, 1.54) is 30.2 Å². The van der Waals surface area contributed by atoms with Gasteiger partial charge in [0.05, 0.1) is 24.3 Å². The van der Waals surface area contributed by atoms with Gasteiger partial charge in [0, 0.05) is 17.2 Å². The number of aromatic hydroxyl groups is 1. The minimum absolute atomic E-state index is 0.0504. The summed E-state index contributed by atoms with van der Waals surface area (Å²) in [5.74, 6) is -7.91. The van der Waals surface area contributed by atoms with Gasteiger partial charge >= 0.3 is 5.97 Å². The number of nitrogen functional groups attached to an aromatic ring is 1. The summed E-state index contributed by atoms with van der Waals surface area (Å²) >= 11 is 0. The van der Waals surface area contributed by atoms with E-state index in [2.05, 4.69) is 0 Å². The number of aliphatic hydroxyl groups is 3. The zero-order valence-corrected chi connectivity index (χ0v) is 22.5. The van der Waals surface area contributed by atoms with Crippen LogP contribution in [0.25, 0.3) is 11.1 Å². The van der Waals surface area contributed by atoms with Gasteiger partial charge in [-0.25, -0.2) is 4.79 Å². The predicted molar refractivity (Wildman–Crippen MR) is 145 cm³/mol. The number of ketones is 2. The number of nitrogens with two attached hydrogens (primary N) is 2. The number of carbonyl (C=O) groups excluding carboxylic acids is 4. The van der Waals surface area contributed by atoms with Crippen molar-refractivity contribution in [2.24, 2.45) is 17.6 Å². The van der Waals surface area contributed by atoms with Crippen LogP contribution in [-0.4, -0.2) is 81.6 Å². The third kappa shape index (κ3) is 3.90. The number of esters is 1. The van der Waals surface area contributed by atoms with Crippen LogP contribution in [0.5, 0.6) is 5.75 Å². The molecule has 4 unspecified atom stereocenters. The summed E-state index contributed by atoms with van der Waals surface area (Å²) in [4.78, 5) is 53.1. The second kappa shape index (κ2) is 9.46. The number of phenols is 1. The first-order chi connectivity index (χ1) is 19.2. The Morgan fingerprint density at radius 2 is 1.78 bits per heavy atom. The van der Waals surface area contributed by atoms with E-state index in [4.69, 9.17) is 16.2 Å². The highest BCUT2D eigenvalue weighted by molar-refractivity contribution is 6.25. The zero-order valence-electron chi connectivity index (χ0n) is 22.5. The zero-order chi connectivity index (χ0) is 30.1. The lowest BCUT2D eigenvalue weighted by Gasteiger charge is -2.50. The van der Waals surface area contributed by atoms with Gasteiger partial charge in [-0.1, -0.05) is 6.07 Å². The van der Waals surface area contributed by atoms with E-state index < -0.39 is 69.8 Å². The number of likely N-dealkylation sites (N-methyl/N-ethyl adjacent to an activating group) is 1. The highest BCUT2D eigenvalue weighted by Crippen LogP contribution is 2.53. The van der Waals surface area contributed by atoms with Crippen molar-refractivity contribution in [1.82, 2.24) is 4.90 Å². The fourth-order valence-corrected chi connectivity index (χ4v) is 6.56. The molecule has 214 valence electrons. The van der Waals surface area contributed by atoms with Crippen LogP contribution in [-0.2, 0) is 20.7 Å². The van der Waals surface area contributed by atoms with E-state index in [0.29, 0.717) is 16.7 Å². The van der Waals surface area contributed by atoms with Gasteiger partial charge < -0.3 is 36.6 Å². The molecule has 0 aliphatic heterocycles. The summed E-state index contributed by atoms with van der Waals surface area (Å²) in [6.45, 7) is 0. The maximum Gasteiger partial charge on any atom is 0.337 e. The van der Waals surface area contributed by atoms with Crippen molar-refractivity contribution in [3.05, 3.63) is 69.7 Å². The number of allylic oxidation sites excluding steroid dienone is 1. The topological polar surface area (TPSA) is 214 Å². The molecule has 8 N–H and O–H groups in total. The van der Waals surface area contributed by atoms with Crippen LogP contribution < -0.4 is 11.5 Å². The number of amides is 1. The van der Waals surface area contributed by atoms with Gasteiger partial charge in [-0.2, -0.15) is 0 Å². The molecule has 1 amide bonds. The molecule has 0 heterocycles. The number of benzene rings is 2. The Morgan fingerprint density at radius 1 is 1.10 bits per heavy atom. The SMILES string of the molecule is COC(=O)c1cc(N)cc(-c2ccc(O)c3c2CC2CC4C(N(C)C)C(O)=C(C(N)=O)C(=O)C4(O)C(O)=C2C3=O)c1. The second-order valence-corrected chi connectivity index (χ2v) is 10.8. The van der Waals surface area contributed by atoms with Crippen molar-refractivity contribution in [2.75, 3.05) is 26.9 Å². The first kappa shape index (κ1) is 27.9. The molecule has 0 fully saturated rings. The van der Waals surface area contributed by atoms with Crippen LogP contribution in [0.4, 0.5) is 5.69 Å². The smallest absolute Gasteiger partial charge is 0.337 e. The normalized spacial score (nSPS) is 25.5. The Balaban J connectivity index is 1.72. The summed E-state index contributed by atoms with van der Waals surface area (Å²) < 4.78 is 4.81. The van der Waals surface area contributed by atoms with E-state index in [0.717, 1.165) is 0 Å². The number of rotatable bonds is 4. The second-order valence-electron chi connectivity index (χ2n) is 10.8. The number of hydrogen-bond donors (Lipinski definition) is 6. The van der Waals surface area contributed by atoms with Crippen molar-refractivity contribution in [3.8, 4) is 16.9 Å². The van der Waals surface area contributed by atoms with Gasteiger partial charge in [0.1, 0.15) is 22.8 Å². The molecule has 2 aromatic carbocycles. The molecular weight excluding hydrogens is 534 g/mol. The number of methoxy groups -OCH3 is 1. The average Bonchev–Trinajstić information content (AvgIpc) is 2.89. The number of aliphatic hydroxyl groups excluding tert-OH is 2. The number of carbonyl (C=O) groups is 4. The van der Waals surface area contributed by atoms with Crippen LogP contribution >= 0.6 is 0 Å². The minimum Gasteiger partial charge on any atom is -0.510 e. The Bertz CT molecular complexity index is 1620. The van der Waals surface area contributed by atoms with Crippen molar-refractivity contribution in [1.29, 1.82) is 0 Å². The highest BCUT2D eigenvalue weighted by Gasteiger charge is 2.63. The highest BCUT2D eigenvalue weighted by atomic mass is 16.5. The van der Waals surface area contributed by atoms with Crippen LogP contribution in [0, 0.1) is 11.8 Å². The molecular formula is C29H29N3O9. The first-order valence-electron chi connectivity index (χ1n) is 12.7. The molecule has 0 saturated carbocycles. The fraction of sp³-hybridized carbons (Fsp3) is 0.310. The Labute approximate surface area is 234 Å². The third-order valence-electron chi connectivity index (χ3n) is 8.29. The van der Waals surface area contributed by atoms with Crippen LogP contribution in [0.15, 0.2) is 53.0 Å². The fourth-order valence-electron chi connectivity index (χ4n) is 6.56. The number of phenolic OH excluding ortho intramolecular Hbond substituents is 1. The van der Waals surface area contributed by atoms with Crippen molar-refractivity contribution < 1.29 is 44.3 Å². The van der Waals surface area contributed by atoms with Gasteiger partial charge in [0.25, 0.3) is 5.91 Å². The molecule has 0 bridgehead atoms. The first-order valence-corrected chi connectivity index (χ1v) is 12.7. The molecule has 12 heteroatoms. The number of primary amides is 1. The maximum absolute atomic E-state index is 13.9. The van der Waals surface area contributed by atoms with Crippen LogP contribution in [0.1, 0.15) is 32.7 Å². The van der Waals surface area contributed by atoms with Gasteiger partial charge in [0.2, 0.25) is 5.78 Å². The van der Waals surface area contributed by atoms with Crippen molar-refractivity contribution >= 4 is 29.1 Å². The lowest BCUT2D eigenvalue weighted by atomic mass is 9.58. The predicted octanol–water partition coefficient (Wildman–Crippen LogP) is 1.16. The largest absolute Gasteiger partial charge is 0.510 e. The number of Topliss-reactive ketones (excluding diaryl/α,β-unsaturated/α-hetero) is 2. The van der Waals surface area contributed by atoms with Gasteiger partial charge in [-0.05, 0) is 73.8 Å². The van der Waals surface area contributed by atoms with E-state index >= 15 is 0 Å². The molecule has 0 saturated heterocycles. The van der Waals surface area contributed by atoms with Gasteiger partial charge in [-0.3, -0.25) is 19.3 Å². The Hall–Kier alpha value is -4.68. The summed E-state index contributed by atoms with van der Waals surface area (Å²) in [6.07, 6.45) is 0.0336. The van der Waals surface area contributed by atoms with Crippen LogP contribution in [0.3, 0.4) is 0 Å². The average molecular weight is 564 g/mol. The molecule has 3 aliphatic carbocycles. The minimum atomic E-state index is -2.72. The number of hydrogen-bond acceptors (Lipinski definition) is 11. The van der Waals surface area contributed by atoms with E-state index in [1.807, 2.05) is 0 Å². The van der Waals surface area contributed by atoms with Gasteiger partial charge in [-0.15, -0.1) is 0 Å². The Kier molecular flexibility index (Phi) is 6.43. The molecule has 3 aliphatic rings. The summed E-state index contributed by atoms with van der Waals surface area (Å²) in [7, 11) is 4.34. The molecule has 41 heavy (non-hydrogen) atoms. The van der Waals surface area contributed by atoms with Crippen LogP contribution in [0.2, 0.25) is 0 Å². The summed E-state index contributed by atoms with van der Waals surface area (Å²) in [6, 6.07) is 6.34. The number of ether oxygens (including phenoxy) is 1. The monoisotopic (exact) mass is 563 g/mol. The molecule has 0 spiro atoms. The lowest BCUT2D eigenvalue weighted by Crippen LogP contribution is -2.63. The number of fused-ring (bicyclic) bond motifs is 3. The van der Waals surface area contributed by atoms with Crippen molar-refractivity contribution in [3.63, 3.8) is 0 Å². The van der Waals surface area contributed by atoms with Gasteiger partial charge in [0.15, 0.2) is 11.4 Å². The molecule has 0 radical (unpaired) electrons. The summed E-state index contributed by atoms with van der Waals surface area (Å²) in [5, 5.41) is 44.8. The Morgan fingerprint density at radius 3 is 2.39 bits per heavy atom. The maximum atomic E-state index is 13.9. The van der Waals surface area contributed by atoms with E-state index in [9.17, 15) is 39.6 Å². The quantitative estimate of drug-likeness (QED) is 0.176. The standard InChI is InChI=1S/C29H29N3O9/c1-32(2)22-17-10-12-9-16-15(11-6-13(28(39)41-3)8-14(30)7-11)4-5-18(33)20(16)23(34)19(12)25(36)29(17,40)26(37)21(24(22)35)27(31)38/h4-8,12,17,22,33,35-36,40H,9-10,30H2,1-3H3,(H2,31,38). The molecule has 0 aromatic heterocycles. The summed E-state index contributed by atoms with van der Waals surface area (Å²) in [5.41, 5.74) is 9.21. The molecule has 4 atom stereocenters. The molecule has 5 rings (SSSR count). The van der Waals surface area contributed by atoms with E-state index in [1.54, 1.807) is 26.2 Å². The van der Waals surface area contributed by atoms with E-state index in [-0.39, 0.29) is 35.2 Å².